The normalized spacial score (nSPS) is 12.2. The van der Waals surface area contributed by atoms with Gasteiger partial charge in [0.25, 0.3) is 0 Å². The van der Waals surface area contributed by atoms with Gasteiger partial charge in [-0.1, -0.05) is 18.2 Å². The van der Waals surface area contributed by atoms with Gasteiger partial charge in [-0.2, -0.15) is 18.3 Å². The minimum absolute atomic E-state index is 0.0449. The zero-order valence-electron chi connectivity index (χ0n) is 18.4. The molecule has 0 unspecified atom stereocenters. The number of carbonyl (C=O) groups excluding carboxylic acids is 1. The third-order valence-corrected chi connectivity index (χ3v) is 6.99. The number of para-hydroxylation sites is 1. The van der Waals surface area contributed by atoms with Gasteiger partial charge in [0.15, 0.2) is 0 Å². The van der Waals surface area contributed by atoms with Gasteiger partial charge in [-0.05, 0) is 44.2 Å². The van der Waals surface area contributed by atoms with Crippen molar-refractivity contribution in [3.8, 4) is 5.69 Å². The highest BCUT2D eigenvalue weighted by atomic mass is 32.2. The summed E-state index contributed by atoms with van der Waals surface area (Å²) in [6, 6.07) is 10.8. The number of anilines is 1. The fraction of sp³-hybridized carbons (Fsp3) is 0.273. The van der Waals surface area contributed by atoms with E-state index in [9.17, 15) is 26.4 Å². The Hall–Kier alpha value is -3.18. The highest BCUT2D eigenvalue weighted by molar-refractivity contribution is 7.89. The van der Waals surface area contributed by atoms with E-state index in [2.05, 4.69) is 10.4 Å². The number of nitrogens with zero attached hydrogens (tertiary/aromatic N) is 3. The van der Waals surface area contributed by atoms with E-state index >= 15 is 0 Å². The molecule has 11 heteroatoms. The van der Waals surface area contributed by atoms with E-state index in [0.29, 0.717) is 17.0 Å². The average molecular weight is 481 g/mol. The summed E-state index contributed by atoms with van der Waals surface area (Å²) in [5.41, 5.74) is 1.09. The molecule has 1 aromatic heterocycles. The summed E-state index contributed by atoms with van der Waals surface area (Å²) in [4.78, 5) is 12.7. The molecule has 0 atom stereocenters. The van der Waals surface area contributed by atoms with Crippen molar-refractivity contribution in [2.45, 2.75) is 31.3 Å². The fourth-order valence-electron chi connectivity index (χ4n) is 3.34. The zero-order chi connectivity index (χ0) is 24.6. The molecule has 0 spiro atoms. The third-order valence-electron chi connectivity index (χ3n) is 5.12. The van der Waals surface area contributed by atoms with Crippen molar-refractivity contribution in [2.75, 3.05) is 19.4 Å². The minimum atomic E-state index is -4.49. The van der Waals surface area contributed by atoms with Crippen LogP contribution < -0.4 is 5.32 Å². The number of alkyl halides is 3. The van der Waals surface area contributed by atoms with Gasteiger partial charge in [0.1, 0.15) is 4.90 Å². The van der Waals surface area contributed by atoms with Crippen LogP contribution in [0.2, 0.25) is 0 Å². The topological polar surface area (TPSA) is 84.3 Å². The maximum atomic E-state index is 13.1. The van der Waals surface area contributed by atoms with E-state index in [1.54, 1.807) is 26.0 Å². The van der Waals surface area contributed by atoms with Gasteiger partial charge < -0.3 is 5.32 Å². The molecule has 0 fully saturated rings. The number of carbonyl (C=O) groups is 1. The average Bonchev–Trinajstić information content (AvgIpc) is 3.01. The Balaban J connectivity index is 1.89. The summed E-state index contributed by atoms with van der Waals surface area (Å²) in [7, 11) is -0.997. The van der Waals surface area contributed by atoms with E-state index in [-0.39, 0.29) is 22.7 Å². The molecule has 33 heavy (non-hydrogen) atoms. The molecule has 0 aliphatic carbocycles. The monoisotopic (exact) mass is 480 g/mol. The molecule has 1 N–H and O–H groups in total. The molecule has 0 saturated carbocycles. The van der Waals surface area contributed by atoms with Crippen LogP contribution in [0.5, 0.6) is 0 Å². The number of hydrogen-bond donors (Lipinski definition) is 1. The molecule has 0 radical (unpaired) electrons. The van der Waals surface area contributed by atoms with Crippen LogP contribution in [0.3, 0.4) is 0 Å². The molecule has 0 aliphatic heterocycles. The van der Waals surface area contributed by atoms with Crippen LogP contribution in [0, 0.1) is 13.8 Å². The predicted molar refractivity (Wildman–Crippen MR) is 118 cm³/mol. The van der Waals surface area contributed by atoms with Crippen molar-refractivity contribution < 1.29 is 26.4 Å². The number of aromatic nitrogens is 2. The van der Waals surface area contributed by atoms with Crippen LogP contribution in [-0.4, -0.2) is 42.5 Å². The number of benzene rings is 2. The van der Waals surface area contributed by atoms with Crippen molar-refractivity contribution in [1.82, 2.24) is 14.1 Å². The van der Waals surface area contributed by atoms with E-state index in [4.69, 9.17) is 0 Å². The first-order valence-corrected chi connectivity index (χ1v) is 11.3. The Bertz CT molecular complexity index is 1300. The number of hydrogen-bond acceptors (Lipinski definition) is 4. The lowest BCUT2D eigenvalue weighted by atomic mass is 10.1. The first-order chi connectivity index (χ1) is 15.3. The molecule has 1 heterocycles. The number of sulfonamides is 1. The first-order valence-electron chi connectivity index (χ1n) is 9.86. The summed E-state index contributed by atoms with van der Waals surface area (Å²) in [6.45, 7) is 3.32. The van der Waals surface area contributed by atoms with Gasteiger partial charge in [0, 0.05) is 25.4 Å². The Kier molecular flexibility index (Phi) is 6.66. The maximum absolute atomic E-state index is 13.1. The molecule has 7 nitrogen and oxygen atoms in total. The molecular formula is C22H23F3N4O3S. The zero-order valence-corrected chi connectivity index (χ0v) is 19.3. The summed E-state index contributed by atoms with van der Waals surface area (Å²) in [5, 5.41) is 6.93. The second kappa shape index (κ2) is 8.99. The van der Waals surface area contributed by atoms with E-state index in [0.717, 1.165) is 16.4 Å². The second-order valence-corrected chi connectivity index (χ2v) is 9.74. The number of aryl methyl sites for hydroxylation is 1. The van der Waals surface area contributed by atoms with Crippen molar-refractivity contribution in [2.24, 2.45) is 0 Å². The van der Waals surface area contributed by atoms with Crippen LogP contribution >= 0.6 is 0 Å². The molecule has 176 valence electrons. The van der Waals surface area contributed by atoms with Gasteiger partial charge in [-0.15, -0.1) is 0 Å². The number of rotatable bonds is 6. The molecular weight excluding hydrogens is 457 g/mol. The van der Waals surface area contributed by atoms with Gasteiger partial charge in [0.2, 0.25) is 15.9 Å². The number of nitrogens with one attached hydrogen (secondary N) is 1. The molecule has 0 saturated heterocycles. The summed E-state index contributed by atoms with van der Waals surface area (Å²) >= 11 is 0. The highest BCUT2D eigenvalue weighted by Gasteiger charge is 2.31. The molecule has 0 aliphatic rings. The van der Waals surface area contributed by atoms with Crippen LogP contribution in [0.1, 0.15) is 22.5 Å². The van der Waals surface area contributed by atoms with Crippen molar-refractivity contribution in [3.05, 3.63) is 71.0 Å². The maximum Gasteiger partial charge on any atom is 0.416 e. The summed E-state index contributed by atoms with van der Waals surface area (Å²) in [6.07, 6.45) is -4.62. The largest absolute Gasteiger partial charge is 0.416 e. The van der Waals surface area contributed by atoms with E-state index in [1.807, 2.05) is 0 Å². The molecule has 3 aromatic rings. The van der Waals surface area contributed by atoms with Gasteiger partial charge >= 0.3 is 6.18 Å². The standard InChI is InChI=1S/C22H23F3N4O3S/c1-14-18(15(2)29(27-14)17-9-7-8-16(12-17)22(23,24)25)13-21(30)26-19-10-5-6-11-20(19)33(31,32)28(3)4/h5-12H,13H2,1-4H3,(H,26,30). The van der Waals surface area contributed by atoms with Crippen LogP contribution in [0.15, 0.2) is 53.4 Å². The van der Waals surface area contributed by atoms with Gasteiger partial charge in [-0.25, -0.2) is 17.4 Å². The first kappa shape index (κ1) is 24.5. The van der Waals surface area contributed by atoms with Gasteiger partial charge in [0.05, 0.1) is 29.1 Å². The molecule has 2 aromatic carbocycles. The SMILES string of the molecule is Cc1nn(-c2cccc(C(F)(F)F)c2)c(C)c1CC(=O)Nc1ccccc1S(=O)(=O)N(C)C. The second-order valence-electron chi connectivity index (χ2n) is 7.62. The van der Waals surface area contributed by atoms with Crippen LogP contribution in [-0.2, 0) is 27.4 Å². The number of amides is 1. The Morgan fingerprint density at radius 2 is 1.76 bits per heavy atom. The highest BCUT2D eigenvalue weighted by Crippen LogP contribution is 2.31. The lowest BCUT2D eigenvalue weighted by Gasteiger charge is -2.15. The lowest BCUT2D eigenvalue weighted by molar-refractivity contribution is -0.137. The van der Waals surface area contributed by atoms with Crippen molar-refractivity contribution in [3.63, 3.8) is 0 Å². The molecule has 1 amide bonds. The van der Waals surface area contributed by atoms with Crippen LogP contribution in [0.4, 0.5) is 18.9 Å². The smallest absolute Gasteiger partial charge is 0.325 e. The lowest BCUT2D eigenvalue weighted by Crippen LogP contribution is -2.24. The van der Waals surface area contributed by atoms with Crippen molar-refractivity contribution >= 4 is 21.6 Å². The van der Waals surface area contributed by atoms with E-state index in [1.165, 1.54) is 43.0 Å². The quantitative estimate of drug-likeness (QED) is 0.579. The number of halogens is 3. The Morgan fingerprint density at radius 3 is 2.39 bits per heavy atom. The predicted octanol–water partition coefficient (Wildman–Crippen LogP) is 3.94. The third kappa shape index (κ3) is 5.09. The Morgan fingerprint density at radius 1 is 1.09 bits per heavy atom. The summed E-state index contributed by atoms with van der Waals surface area (Å²) in [5.74, 6) is -0.480. The fourth-order valence-corrected chi connectivity index (χ4v) is 4.38. The Labute approximate surface area is 189 Å². The summed E-state index contributed by atoms with van der Waals surface area (Å²) < 4.78 is 66.7. The van der Waals surface area contributed by atoms with Crippen molar-refractivity contribution in [1.29, 1.82) is 0 Å². The molecule has 0 bridgehead atoms. The van der Waals surface area contributed by atoms with Crippen LogP contribution in [0.25, 0.3) is 5.69 Å². The minimum Gasteiger partial charge on any atom is -0.325 e. The van der Waals surface area contributed by atoms with Gasteiger partial charge in [-0.3, -0.25) is 4.79 Å². The van der Waals surface area contributed by atoms with E-state index < -0.39 is 27.7 Å². The molecule has 3 rings (SSSR count).